The number of hydrogen-bond donors (Lipinski definition) is 2. The predicted molar refractivity (Wildman–Crippen MR) is 153 cm³/mol. The van der Waals surface area contributed by atoms with Crippen molar-refractivity contribution < 1.29 is 19.1 Å². The minimum Gasteiger partial charge on any atom is -0.379 e. The third-order valence-electron chi connectivity index (χ3n) is 7.09. The number of ether oxygens (including phenoxy) is 1. The Morgan fingerprint density at radius 1 is 1.03 bits per heavy atom. The number of halogens is 1. The molecule has 4 rings (SSSR count). The summed E-state index contributed by atoms with van der Waals surface area (Å²) < 4.78 is 5.43. The second kappa shape index (κ2) is 14.4. The topological polar surface area (TPSA) is 94.2 Å². The summed E-state index contributed by atoms with van der Waals surface area (Å²) in [5.74, 6) is -0.328. The van der Waals surface area contributed by atoms with Gasteiger partial charge in [-0.15, -0.1) is 0 Å². The van der Waals surface area contributed by atoms with Gasteiger partial charge in [-0.3, -0.25) is 19.3 Å². The molecule has 1 atom stereocenters. The Morgan fingerprint density at radius 2 is 1.74 bits per heavy atom. The molecule has 0 aliphatic carbocycles. The molecule has 0 spiro atoms. The Bertz CT molecular complexity index is 1110. The lowest BCUT2D eigenvalue weighted by molar-refractivity contribution is -0.119. The number of likely N-dealkylation sites (N-methyl/N-ethyl adjacent to an activating group) is 1. The van der Waals surface area contributed by atoms with Gasteiger partial charge in [0.25, 0.3) is 5.91 Å². The summed E-state index contributed by atoms with van der Waals surface area (Å²) in [6.45, 7) is 6.25. The summed E-state index contributed by atoms with van der Waals surface area (Å²) in [6, 6.07) is 13.6. The van der Waals surface area contributed by atoms with E-state index in [1.807, 2.05) is 19.2 Å². The molecule has 2 aliphatic heterocycles. The fourth-order valence-electron chi connectivity index (χ4n) is 4.88. The van der Waals surface area contributed by atoms with E-state index in [1.165, 1.54) is 0 Å². The molecule has 2 fully saturated rings. The highest BCUT2D eigenvalue weighted by Gasteiger charge is 2.22. The van der Waals surface area contributed by atoms with Crippen molar-refractivity contribution in [3.05, 3.63) is 59.1 Å². The minimum absolute atomic E-state index is 0.116. The average Bonchev–Trinajstić information content (AvgIpc) is 2.94. The van der Waals surface area contributed by atoms with Gasteiger partial charge in [-0.25, -0.2) is 0 Å². The molecule has 0 aromatic heterocycles. The molecule has 0 saturated carbocycles. The van der Waals surface area contributed by atoms with Crippen molar-refractivity contribution in [2.45, 2.75) is 31.7 Å². The molecule has 2 aromatic rings. The molecule has 10 heteroatoms. The largest absolute Gasteiger partial charge is 0.379 e. The van der Waals surface area contributed by atoms with Gasteiger partial charge in [0.15, 0.2) is 0 Å². The molecule has 3 amide bonds. The van der Waals surface area contributed by atoms with Crippen LogP contribution in [0.25, 0.3) is 0 Å². The van der Waals surface area contributed by atoms with Crippen molar-refractivity contribution in [2.24, 2.45) is 0 Å². The number of carbonyl (C=O) groups excluding carboxylic acids is 3. The van der Waals surface area contributed by atoms with E-state index in [2.05, 4.69) is 20.4 Å². The number of nitrogens with one attached hydrogen (secondary N) is 2. The summed E-state index contributed by atoms with van der Waals surface area (Å²) in [5.41, 5.74) is 1.94. The van der Waals surface area contributed by atoms with Gasteiger partial charge < -0.3 is 25.2 Å². The number of nitrogens with zero attached hydrogens (tertiary/aromatic N) is 3. The van der Waals surface area contributed by atoms with Crippen LogP contribution in [-0.2, 0) is 14.3 Å². The SMILES string of the molecule is CN(CCN1CCOCC1)CC(CC(=O)Nc1ccc(Cl)cc1)NC(=O)c1ccc(N2CCCCC2=O)cc1. The molecule has 0 radical (unpaired) electrons. The van der Waals surface area contributed by atoms with E-state index >= 15 is 0 Å². The van der Waals surface area contributed by atoms with Crippen LogP contribution in [0, 0.1) is 0 Å². The number of anilines is 2. The first kappa shape index (κ1) is 29.0. The number of piperidine rings is 1. The zero-order chi connectivity index (χ0) is 27.6. The fourth-order valence-corrected chi connectivity index (χ4v) is 5.00. The first-order valence-corrected chi connectivity index (χ1v) is 14.0. The molecule has 2 aliphatic rings. The van der Waals surface area contributed by atoms with Gasteiger partial charge in [-0.05, 0) is 68.4 Å². The molecule has 210 valence electrons. The standard InChI is InChI=1S/C29H38ClN5O4/c1-33(14-15-34-16-18-39-19-17-34)21-25(20-27(36)31-24-9-7-23(30)8-10-24)32-29(38)22-5-11-26(12-6-22)35-13-3-2-4-28(35)37/h5-12,25H,2-4,13-21H2,1H3,(H,31,36)(H,32,38). The second-order valence-corrected chi connectivity index (χ2v) is 10.6. The van der Waals surface area contributed by atoms with Gasteiger partial charge in [0.1, 0.15) is 0 Å². The van der Waals surface area contributed by atoms with Crippen LogP contribution in [0.1, 0.15) is 36.0 Å². The number of carbonyl (C=O) groups is 3. The molecule has 39 heavy (non-hydrogen) atoms. The number of rotatable bonds is 11. The van der Waals surface area contributed by atoms with Gasteiger partial charge in [-0.1, -0.05) is 11.6 Å². The zero-order valence-corrected chi connectivity index (χ0v) is 23.3. The summed E-state index contributed by atoms with van der Waals surface area (Å²) in [7, 11) is 2.00. The summed E-state index contributed by atoms with van der Waals surface area (Å²) in [6.07, 6.45) is 2.58. The smallest absolute Gasteiger partial charge is 0.251 e. The lowest BCUT2D eigenvalue weighted by Crippen LogP contribution is -2.47. The highest BCUT2D eigenvalue weighted by Crippen LogP contribution is 2.21. The van der Waals surface area contributed by atoms with Gasteiger partial charge >= 0.3 is 0 Å². The molecular formula is C29H38ClN5O4. The van der Waals surface area contributed by atoms with Crippen molar-refractivity contribution in [1.29, 1.82) is 0 Å². The number of hydrogen-bond acceptors (Lipinski definition) is 6. The molecular weight excluding hydrogens is 518 g/mol. The highest BCUT2D eigenvalue weighted by atomic mass is 35.5. The van der Waals surface area contributed by atoms with Crippen molar-refractivity contribution in [3.8, 4) is 0 Å². The average molecular weight is 556 g/mol. The predicted octanol–water partition coefficient (Wildman–Crippen LogP) is 3.25. The maximum Gasteiger partial charge on any atom is 0.251 e. The maximum absolute atomic E-state index is 13.2. The Balaban J connectivity index is 1.37. The Labute approximate surface area is 235 Å². The van der Waals surface area contributed by atoms with E-state index in [1.54, 1.807) is 41.3 Å². The molecule has 2 saturated heterocycles. The normalized spacial score (nSPS) is 17.2. The van der Waals surface area contributed by atoms with Gasteiger partial charge in [0, 0.05) is 74.1 Å². The van der Waals surface area contributed by atoms with E-state index in [0.717, 1.165) is 57.9 Å². The second-order valence-electron chi connectivity index (χ2n) is 10.2. The molecule has 0 bridgehead atoms. The third-order valence-corrected chi connectivity index (χ3v) is 7.35. The van der Waals surface area contributed by atoms with E-state index in [0.29, 0.717) is 35.8 Å². The van der Waals surface area contributed by atoms with Crippen LogP contribution in [0.2, 0.25) is 5.02 Å². The van der Waals surface area contributed by atoms with E-state index < -0.39 is 6.04 Å². The summed E-state index contributed by atoms with van der Waals surface area (Å²) >= 11 is 5.96. The molecule has 2 aromatic carbocycles. The van der Waals surface area contributed by atoms with E-state index in [9.17, 15) is 14.4 Å². The first-order chi connectivity index (χ1) is 18.9. The van der Waals surface area contributed by atoms with Crippen LogP contribution in [0.5, 0.6) is 0 Å². The van der Waals surface area contributed by atoms with E-state index in [4.69, 9.17) is 16.3 Å². The lowest BCUT2D eigenvalue weighted by atomic mass is 10.1. The zero-order valence-electron chi connectivity index (χ0n) is 22.5. The molecule has 2 N–H and O–H groups in total. The summed E-state index contributed by atoms with van der Waals surface area (Å²) in [4.78, 5) is 44.6. The van der Waals surface area contributed by atoms with Crippen molar-refractivity contribution in [2.75, 3.05) is 69.7 Å². The molecule has 2 heterocycles. The van der Waals surface area contributed by atoms with Gasteiger partial charge in [0.2, 0.25) is 11.8 Å². The first-order valence-electron chi connectivity index (χ1n) is 13.6. The van der Waals surface area contributed by atoms with Crippen LogP contribution >= 0.6 is 11.6 Å². The lowest BCUT2D eigenvalue weighted by Gasteiger charge is -2.30. The van der Waals surface area contributed by atoms with Gasteiger partial charge in [0.05, 0.1) is 19.3 Å². The fraction of sp³-hybridized carbons (Fsp3) is 0.483. The number of morpholine rings is 1. The van der Waals surface area contributed by atoms with Crippen molar-refractivity contribution >= 4 is 40.7 Å². The van der Waals surface area contributed by atoms with Crippen LogP contribution in [-0.4, -0.2) is 93.1 Å². The number of amides is 3. The molecule has 9 nitrogen and oxygen atoms in total. The Hall–Kier alpha value is -2.98. The van der Waals surface area contributed by atoms with Crippen LogP contribution < -0.4 is 15.5 Å². The summed E-state index contributed by atoms with van der Waals surface area (Å²) in [5, 5.41) is 6.54. The maximum atomic E-state index is 13.2. The van der Waals surface area contributed by atoms with Gasteiger partial charge in [-0.2, -0.15) is 0 Å². The molecule has 1 unspecified atom stereocenters. The monoisotopic (exact) mass is 555 g/mol. The van der Waals surface area contributed by atoms with Crippen molar-refractivity contribution in [3.63, 3.8) is 0 Å². The van der Waals surface area contributed by atoms with Crippen LogP contribution in [0.3, 0.4) is 0 Å². The Kier molecular flexibility index (Phi) is 10.7. The van der Waals surface area contributed by atoms with Crippen molar-refractivity contribution in [1.82, 2.24) is 15.1 Å². The van der Waals surface area contributed by atoms with Crippen LogP contribution in [0.15, 0.2) is 48.5 Å². The quantitative estimate of drug-likeness (QED) is 0.442. The Morgan fingerprint density at radius 3 is 2.44 bits per heavy atom. The number of benzene rings is 2. The van der Waals surface area contributed by atoms with E-state index in [-0.39, 0.29) is 24.1 Å². The minimum atomic E-state index is -0.400. The highest BCUT2D eigenvalue weighted by molar-refractivity contribution is 6.30. The third kappa shape index (κ3) is 9.03. The van der Waals surface area contributed by atoms with Crippen LogP contribution in [0.4, 0.5) is 11.4 Å².